The Morgan fingerprint density at radius 1 is 1.32 bits per heavy atom. The summed E-state index contributed by atoms with van der Waals surface area (Å²) in [6, 6.07) is 10.2. The molecule has 1 N–H and O–H groups in total. The topological polar surface area (TPSA) is 42.7 Å². The van der Waals surface area contributed by atoms with Gasteiger partial charge in [0.2, 0.25) is 0 Å². The minimum absolute atomic E-state index is 0.761. The minimum atomic E-state index is 0.761. The lowest BCUT2D eigenvalue weighted by Crippen LogP contribution is -2.06. The van der Waals surface area contributed by atoms with E-state index in [1.54, 1.807) is 0 Å². The first kappa shape index (κ1) is 12.3. The highest BCUT2D eigenvalue weighted by Gasteiger charge is 2.06. The van der Waals surface area contributed by atoms with Crippen LogP contribution >= 0.6 is 15.9 Å². The monoisotopic (exact) mass is 316 g/mol. The third-order valence-corrected chi connectivity index (χ3v) is 3.34. The molecule has 0 aliphatic carbocycles. The Morgan fingerprint density at radius 2 is 2.21 bits per heavy atom. The number of halogens is 1. The molecular weight excluding hydrogens is 304 g/mol. The number of nitrogens with zero attached hydrogens (tertiary/aromatic N) is 3. The van der Waals surface area contributed by atoms with E-state index in [1.807, 2.05) is 42.3 Å². The van der Waals surface area contributed by atoms with Crippen LogP contribution < -0.4 is 5.32 Å². The Labute approximate surface area is 119 Å². The number of fused-ring (bicyclic) bond motifs is 1. The van der Waals surface area contributed by atoms with Gasteiger partial charge in [0.1, 0.15) is 0 Å². The molecule has 1 aromatic carbocycles. The Kier molecular flexibility index (Phi) is 3.31. The van der Waals surface area contributed by atoms with E-state index in [-0.39, 0.29) is 0 Å². The highest BCUT2D eigenvalue weighted by Crippen LogP contribution is 2.22. The molecule has 0 saturated carbocycles. The SMILES string of the molecule is CNCc1ccn(-c2cccc3cc(Br)cnc23)n1. The highest BCUT2D eigenvalue weighted by atomic mass is 79.9. The first-order valence-electron chi connectivity index (χ1n) is 6.02. The third kappa shape index (κ3) is 2.39. The zero-order chi connectivity index (χ0) is 13.2. The molecule has 4 nitrogen and oxygen atoms in total. The van der Waals surface area contributed by atoms with Gasteiger partial charge < -0.3 is 5.32 Å². The van der Waals surface area contributed by atoms with Crippen LogP contribution in [0.1, 0.15) is 5.69 Å². The molecule has 2 aromatic heterocycles. The van der Waals surface area contributed by atoms with Gasteiger partial charge in [-0.25, -0.2) is 4.68 Å². The third-order valence-electron chi connectivity index (χ3n) is 2.91. The van der Waals surface area contributed by atoms with Crippen molar-refractivity contribution in [3.05, 3.63) is 52.9 Å². The predicted octanol–water partition coefficient (Wildman–Crippen LogP) is 2.90. The van der Waals surface area contributed by atoms with Gasteiger partial charge in [-0.15, -0.1) is 0 Å². The van der Waals surface area contributed by atoms with E-state index >= 15 is 0 Å². The van der Waals surface area contributed by atoms with Crippen LogP contribution in [-0.4, -0.2) is 21.8 Å². The van der Waals surface area contributed by atoms with Crippen molar-refractivity contribution in [3.63, 3.8) is 0 Å². The van der Waals surface area contributed by atoms with E-state index in [0.29, 0.717) is 0 Å². The van der Waals surface area contributed by atoms with Gasteiger partial charge in [-0.2, -0.15) is 5.10 Å². The molecular formula is C14H13BrN4. The summed E-state index contributed by atoms with van der Waals surface area (Å²) in [5.41, 5.74) is 2.95. The van der Waals surface area contributed by atoms with Gasteiger partial charge >= 0.3 is 0 Å². The summed E-state index contributed by atoms with van der Waals surface area (Å²) in [5.74, 6) is 0. The van der Waals surface area contributed by atoms with Crippen molar-refractivity contribution in [1.29, 1.82) is 0 Å². The summed E-state index contributed by atoms with van der Waals surface area (Å²) in [6.45, 7) is 0.761. The van der Waals surface area contributed by atoms with Gasteiger partial charge in [-0.3, -0.25) is 4.98 Å². The largest absolute Gasteiger partial charge is 0.314 e. The van der Waals surface area contributed by atoms with Crippen molar-refractivity contribution in [1.82, 2.24) is 20.1 Å². The van der Waals surface area contributed by atoms with Crippen LogP contribution in [0.3, 0.4) is 0 Å². The first-order chi connectivity index (χ1) is 9.28. The molecule has 5 heteroatoms. The van der Waals surface area contributed by atoms with Crippen molar-refractivity contribution in [3.8, 4) is 5.69 Å². The van der Waals surface area contributed by atoms with E-state index in [2.05, 4.69) is 43.5 Å². The maximum absolute atomic E-state index is 4.55. The number of hydrogen-bond donors (Lipinski definition) is 1. The molecule has 0 saturated heterocycles. The number of hydrogen-bond acceptors (Lipinski definition) is 3. The van der Waals surface area contributed by atoms with Crippen LogP contribution in [0.25, 0.3) is 16.6 Å². The van der Waals surface area contributed by atoms with Crippen LogP contribution in [-0.2, 0) is 6.54 Å². The molecule has 0 aliphatic rings. The molecule has 3 aromatic rings. The highest BCUT2D eigenvalue weighted by molar-refractivity contribution is 9.10. The van der Waals surface area contributed by atoms with Gasteiger partial charge in [0.25, 0.3) is 0 Å². The number of nitrogens with one attached hydrogen (secondary N) is 1. The van der Waals surface area contributed by atoms with E-state index in [1.165, 1.54) is 0 Å². The fourth-order valence-corrected chi connectivity index (χ4v) is 2.42. The molecule has 96 valence electrons. The van der Waals surface area contributed by atoms with Crippen LogP contribution in [0.5, 0.6) is 0 Å². The summed E-state index contributed by atoms with van der Waals surface area (Å²) in [4.78, 5) is 4.49. The number of para-hydroxylation sites is 1. The second-order valence-corrected chi connectivity index (χ2v) is 5.20. The Balaban J connectivity index is 2.13. The average Bonchev–Trinajstić information content (AvgIpc) is 2.86. The molecule has 3 rings (SSSR count). The minimum Gasteiger partial charge on any atom is -0.314 e. The number of benzene rings is 1. The lowest BCUT2D eigenvalue weighted by molar-refractivity contribution is 0.758. The molecule has 0 aliphatic heterocycles. The molecule has 0 radical (unpaired) electrons. The fourth-order valence-electron chi connectivity index (χ4n) is 2.07. The maximum atomic E-state index is 4.55. The quantitative estimate of drug-likeness (QED) is 0.808. The summed E-state index contributed by atoms with van der Waals surface area (Å²) >= 11 is 3.44. The van der Waals surface area contributed by atoms with Gasteiger partial charge in [0, 0.05) is 28.8 Å². The van der Waals surface area contributed by atoms with Gasteiger partial charge in [0.15, 0.2) is 0 Å². The Morgan fingerprint density at radius 3 is 3.05 bits per heavy atom. The number of rotatable bonds is 3. The fraction of sp³-hybridized carbons (Fsp3) is 0.143. The Hall–Kier alpha value is -1.72. The normalized spacial score (nSPS) is 11.1. The summed E-state index contributed by atoms with van der Waals surface area (Å²) in [5, 5.41) is 8.74. The van der Waals surface area contributed by atoms with Gasteiger partial charge in [0.05, 0.1) is 16.9 Å². The van der Waals surface area contributed by atoms with E-state index in [9.17, 15) is 0 Å². The zero-order valence-corrected chi connectivity index (χ0v) is 12.1. The predicted molar refractivity (Wildman–Crippen MR) is 79.3 cm³/mol. The van der Waals surface area contributed by atoms with Gasteiger partial charge in [-0.1, -0.05) is 12.1 Å². The Bertz CT molecular complexity index is 720. The van der Waals surface area contributed by atoms with Crippen molar-refractivity contribution < 1.29 is 0 Å². The first-order valence-corrected chi connectivity index (χ1v) is 6.81. The second-order valence-electron chi connectivity index (χ2n) is 4.28. The molecule has 2 heterocycles. The van der Waals surface area contributed by atoms with E-state index in [4.69, 9.17) is 0 Å². The van der Waals surface area contributed by atoms with Crippen molar-refractivity contribution in [2.24, 2.45) is 0 Å². The molecule has 0 bridgehead atoms. The number of pyridine rings is 1. The molecule has 0 amide bonds. The molecule has 0 unspecified atom stereocenters. The van der Waals surface area contributed by atoms with Crippen molar-refractivity contribution >= 4 is 26.8 Å². The lowest BCUT2D eigenvalue weighted by atomic mass is 10.2. The molecule has 0 fully saturated rings. The van der Waals surface area contributed by atoms with E-state index in [0.717, 1.165) is 33.3 Å². The maximum Gasteiger partial charge on any atom is 0.0959 e. The van der Waals surface area contributed by atoms with Gasteiger partial charge in [-0.05, 0) is 41.2 Å². The van der Waals surface area contributed by atoms with Crippen LogP contribution in [0.15, 0.2) is 47.2 Å². The van der Waals surface area contributed by atoms with Crippen LogP contribution in [0.2, 0.25) is 0 Å². The van der Waals surface area contributed by atoms with Crippen molar-refractivity contribution in [2.75, 3.05) is 7.05 Å². The average molecular weight is 317 g/mol. The molecule has 19 heavy (non-hydrogen) atoms. The molecule has 0 atom stereocenters. The lowest BCUT2D eigenvalue weighted by Gasteiger charge is -2.06. The second kappa shape index (κ2) is 5.11. The van der Waals surface area contributed by atoms with Crippen LogP contribution in [0.4, 0.5) is 0 Å². The van der Waals surface area contributed by atoms with Crippen molar-refractivity contribution in [2.45, 2.75) is 6.54 Å². The zero-order valence-electron chi connectivity index (χ0n) is 10.5. The molecule has 0 spiro atoms. The van der Waals surface area contributed by atoms with Crippen LogP contribution in [0, 0.1) is 0 Å². The summed E-state index contributed by atoms with van der Waals surface area (Å²) < 4.78 is 2.85. The number of aromatic nitrogens is 3. The standard InChI is InChI=1S/C14H13BrN4/c1-16-9-12-5-6-19(18-12)13-4-2-3-10-7-11(15)8-17-14(10)13/h2-8,16H,9H2,1H3. The van der Waals surface area contributed by atoms with E-state index < -0.39 is 0 Å². The smallest absolute Gasteiger partial charge is 0.0959 e. The summed E-state index contributed by atoms with van der Waals surface area (Å²) in [7, 11) is 1.91. The summed E-state index contributed by atoms with van der Waals surface area (Å²) in [6.07, 6.45) is 3.77.